The number of piperazine rings is 1. The molecule has 0 spiro atoms. The van der Waals surface area contributed by atoms with Crippen molar-refractivity contribution in [3.8, 4) is 6.07 Å². The number of aromatic nitrogens is 2. The van der Waals surface area contributed by atoms with Crippen molar-refractivity contribution >= 4 is 35.3 Å². The number of rotatable bonds is 5. The van der Waals surface area contributed by atoms with E-state index in [2.05, 4.69) is 26.7 Å². The second-order valence-electron chi connectivity index (χ2n) is 7.34. The summed E-state index contributed by atoms with van der Waals surface area (Å²) in [5.74, 6) is -0.00934. The highest BCUT2D eigenvalue weighted by molar-refractivity contribution is 7.98. The van der Waals surface area contributed by atoms with Crippen molar-refractivity contribution in [3.05, 3.63) is 5.69 Å². The average molecular weight is 423 g/mol. The van der Waals surface area contributed by atoms with Crippen molar-refractivity contribution in [2.75, 3.05) is 36.1 Å². The molecular formula is C18H26N6O4S. The van der Waals surface area contributed by atoms with E-state index in [9.17, 15) is 14.9 Å². The molecule has 0 unspecified atom stereocenters. The maximum atomic E-state index is 12.4. The highest BCUT2D eigenvalue weighted by atomic mass is 32.2. The smallest absolute Gasteiger partial charge is 0.412 e. The van der Waals surface area contributed by atoms with Crippen molar-refractivity contribution < 1.29 is 19.1 Å². The Bertz CT molecular complexity index is 805. The molecule has 1 aromatic rings. The van der Waals surface area contributed by atoms with Crippen LogP contribution in [-0.2, 0) is 20.9 Å². The van der Waals surface area contributed by atoms with Crippen LogP contribution in [0.1, 0.15) is 33.4 Å². The molecule has 2 rings (SSSR count). The monoisotopic (exact) mass is 422 g/mol. The van der Waals surface area contributed by atoms with Crippen LogP contribution in [0.15, 0.2) is 5.16 Å². The van der Waals surface area contributed by atoms with Gasteiger partial charge in [0.05, 0.1) is 6.07 Å². The van der Waals surface area contributed by atoms with E-state index in [1.807, 2.05) is 11.2 Å². The van der Waals surface area contributed by atoms with E-state index in [-0.39, 0.29) is 12.6 Å². The highest BCUT2D eigenvalue weighted by Gasteiger charge is 2.27. The van der Waals surface area contributed by atoms with Gasteiger partial charge in [-0.2, -0.15) is 5.26 Å². The SMILES string of the molecule is CSc1nc(COC(C)=O)c(NC(=O)OC(C)(C)C)c(N2CCN[C@H](C#N)C2)n1. The third kappa shape index (κ3) is 6.76. The molecule has 158 valence electrons. The molecule has 10 nitrogen and oxygen atoms in total. The number of nitrogens with one attached hydrogen (secondary N) is 2. The van der Waals surface area contributed by atoms with E-state index >= 15 is 0 Å². The zero-order chi connectivity index (χ0) is 21.6. The molecule has 1 saturated heterocycles. The number of anilines is 2. The second-order valence-corrected chi connectivity index (χ2v) is 8.12. The van der Waals surface area contributed by atoms with E-state index in [1.165, 1.54) is 18.7 Å². The molecule has 11 heteroatoms. The van der Waals surface area contributed by atoms with Crippen molar-refractivity contribution in [2.24, 2.45) is 0 Å². The molecule has 0 bridgehead atoms. The Morgan fingerprint density at radius 3 is 2.72 bits per heavy atom. The van der Waals surface area contributed by atoms with E-state index in [4.69, 9.17) is 9.47 Å². The molecule has 29 heavy (non-hydrogen) atoms. The molecule has 1 aromatic heterocycles. The fraction of sp³-hybridized carbons (Fsp3) is 0.611. The molecule has 0 radical (unpaired) electrons. The Morgan fingerprint density at radius 2 is 2.14 bits per heavy atom. The van der Waals surface area contributed by atoms with Gasteiger partial charge in [0.1, 0.15) is 29.6 Å². The minimum atomic E-state index is -0.693. The summed E-state index contributed by atoms with van der Waals surface area (Å²) in [7, 11) is 0. The summed E-state index contributed by atoms with van der Waals surface area (Å²) in [5.41, 5.74) is -0.0363. The predicted molar refractivity (Wildman–Crippen MR) is 109 cm³/mol. The first-order chi connectivity index (χ1) is 13.6. The number of hydrogen-bond acceptors (Lipinski definition) is 10. The van der Waals surface area contributed by atoms with E-state index in [0.29, 0.717) is 42.0 Å². The summed E-state index contributed by atoms with van der Waals surface area (Å²) in [5, 5.41) is 15.6. The minimum Gasteiger partial charge on any atom is -0.459 e. The normalized spacial score (nSPS) is 16.7. The van der Waals surface area contributed by atoms with E-state index < -0.39 is 17.7 Å². The molecule has 0 saturated carbocycles. The number of carbonyl (C=O) groups is 2. The molecule has 0 aliphatic carbocycles. The predicted octanol–water partition coefficient (Wildman–Crippen LogP) is 1.91. The van der Waals surface area contributed by atoms with Crippen molar-refractivity contribution in [3.63, 3.8) is 0 Å². The first-order valence-corrected chi connectivity index (χ1v) is 10.3. The van der Waals surface area contributed by atoms with Crippen LogP contribution < -0.4 is 15.5 Å². The Morgan fingerprint density at radius 1 is 1.41 bits per heavy atom. The molecule has 2 N–H and O–H groups in total. The van der Waals surface area contributed by atoms with E-state index in [1.54, 1.807) is 20.8 Å². The lowest BCUT2D eigenvalue weighted by Crippen LogP contribution is -2.50. The summed E-state index contributed by atoms with van der Waals surface area (Å²) in [4.78, 5) is 34.6. The van der Waals surface area contributed by atoms with Crippen molar-refractivity contribution in [1.82, 2.24) is 15.3 Å². The Kier molecular flexibility index (Phi) is 7.64. The summed E-state index contributed by atoms with van der Waals surface area (Å²) in [6.45, 7) is 8.00. The lowest BCUT2D eigenvalue weighted by molar-refractivity contribution is -0.142. The molecule has 1 atom stereocenters. The maximum absolute atomic E-state index is 12.4. The van der Waals surface area contributed by atoms with Gasteiger partial charge in [-0.25, -0.2) is 14.8 Å². The van der Waals surface area contributed by atoms with Gasteiger partial charge < -0.3 is 14.4 Å². The lowest BCUT2D eigenvalue weighted by atomic mass is 10.2. The van der Waals surface area contributed by atoms with Crippen LogP contribution in [0.25, 0.3) is 0 Å². The number of carbonyl (C=O) groups excluding carboxylic acids is 2. The highest BCUT2D eigenvalue weighted by Crippen LogP contribution is 2.31. The third-order valence-electron chi connectivity index (χ3n) is 3.80. The standard InChI is InChI=1S/C18H26N6O4S/c1-11(25)27-10-13-14(22-17(26)28-18(2,3)4)15(23-16(21-13)29-5)24-7-6-20-12(8-19)9-24/h12,20H,6-7,9-10H2,1-5H3,(H,22,26)/t12-/m1/s1. The van der Waals surface area contributed by atoms with Crippen LogP contribution in [0.2, 0.25) is 0 Å². The van der Waals surface area contributed by atoms with Crippen LogP contribution in [0.3, 0.4) is 0 Å². The topological polar surface area (TPSA) is 129 Å². The van der Waals surface area contributed by atoms with Crippen LogP contribution in [0.5, 0.6) is 0 Å². The zero-order valence-corrected chi connectivity index (χ0v) is 18.1. The Balaban J connectivity index is 2.47. The largest absolute Gasteiger partial charge is 0.459 e. The summed E-state index contributed by atoms with van der Waals surface area (Å²) < 4.78 is 10.5. The van der Waals surface area contributed by atoms with Gasteiger partial charge in [0.2, 0.25) is 0 Å². The van der Waals surface area contributed by atoms with Crippen molar-refractivity contribution in [1.29, 1.82) is 5.26 Å². The lowest BCUT2D eigenvalue weighted by Gasteiger charge is -2.33. The third-order valence-corrected chi connectivity index (χ3v) is 4.34. The minimum absolute atomic E-state index is 0.128. The summed E-state index contributed by atoms with van der Waals surface area (Å²) in [6, 6.07) is 1.82. The number of amides is 1. The Labute approximate surface area is 174 Å². The number of ether oxygens (including phenoxy) is 2. The van der Waals surface area contributed by atoms with Crippen LogP contribution in [0, 0.1) is 11.3 Å². The van der Waals surface area contributed by atoms with Crippen LogP contribution in [0.4, 0.5) is 16.3 Å². The van der Waals surface area contributed by atoms with Crippen LogP contribution >= 0.6 is 11.8 Å². The van der Waals surface area contributed by atoms with Gasteiger partial charge in [-0.05, 0) is 27.0 Å². The van der Waals surface area contributed by atoms with Gasteiger partial charge in [-0.15, -0.1) is 0 Å². The van der Waals surface area contributed by atoms with Gasteiger partial charge in [0.25, 0.3) is 0 Å². The Hall–Kier alpha value is -2.58. The molecule has 1 aliphatic rings. The second kappa shape index (κ2) is 9.76. The molecule has 2 heterocycles. The maximum Gasteiger partial charge on any atom is 0.412 e. The quantitative estimate of drug-likeness (QED) is 0.412. The molecule has 1 fully saturated rings. The number of hydrogen-bond donors (Lipinski definition) is 2. The average Bonchev–Trinajstić information content (AvgIpc) is 2.65. The summed E-state index contributed by atoms with van der Waals surface area (Å²) in [6.07, 6.45) is 1.15. The van der Waals surface area contributed by atoms with E-state index in [0.717, 1.165) is 0 Å². The molecule has 0 aromatic carbocycles. The zero-order valence-electron chi connectivity index (χ0n) is 17.2. The number of esters is 1. The van der Waals surface area contributed by atoms with Gasteiger partial charge in [0.15, 0.2) is 11.0 Å². The fourth-order valence-electron chi connectivity index (χ4n) is 2.63. The number of thioether (sulfide) groups is 1. The number of nitrogens with zero attached hydrogens (tertiary/aromatic N) is 4. The summed E-state index contributed by atoms with van der Waals surface area (Å²) >= 11 is 1.33. The van der Waals surface area contributed by atoms with Gasteiger partial charge in [-0.3, -0.25) is 15.4 Å². The van der Waals surface area contributed by atoms with Gasteiger partial charge in [-0.1, -0.05) is 11.8 Å². The van der Waals surface area contributed by atoms with Gasteiger partial charge in [0, 0.05) is 26.6 Å². The van der Waals surface area contributed by atoms with Gasteiger partial charge >= 0.3 is 12.1 Å². The fourth-order valence-corrected chi connectivity index (χ4v) is 3.01. The first-order valence-electron chi connectivity index (χ1n) is 9.09. The molecule has 1 aliphatic heterocycles. The number of nitriles is 1. The molecular weight excluding hydrogens is 396 g/mol. The molecule has 1 amide bonds. The van der Waals surface area contributed by atoms with Crippen molar-refractivity contribution in [2.45, 2.75) is 51.1 Å². The van der Waals surface area contributed by atoms with Crippen LogP contribution in [-0.4, -0.2) is 59.6 Å². The first kappa shape index (κ1) is 22.7.